The lowest BCUT2D eigenvalue weighted by Gasteiger charge is -2.36. The number of anilines is 1. The molecule has 1 saturated heterocycles. The van der Waals surface area contributed by atoms with Gasteiger partial charge in [-0.15, -0.1) is 0 Å². The number of rotatable bonds is 3. The van der Waals surface area contributed by atoms with Gasteiger partial charge in [-0.25, -0.2) is 0 Å². The van der Waals surface area contributed by atoms with Gasteiger partial charge in [-0.3, -0.25) is 14.9 Å². The Morgan fingerprint density at radius 3 is 2.38 bits per heavy atom. The molecule has 0 N–H and O–H groups in total. The van der Waals surface area contributed by atoms with Crippen LogP contribution in [0, 0.1) is 10.1 Å². The molecule has 0 spiro atoms. The molecule has 0 atom stereocenters. The molecule has 2 aromatic carbocycles. The lowest BCUT2D eigenvalue weighted by atomic mass is 10.2. The number of nitro groups is 1. The molecule has 4 rings (SSSR count). The summed E-state index contributed by atoms with van der Waals surface area (Å²) in [6.07, 6.45) is 1.81. The maximum Gasteiger partial charge on any atom is 0.292 e. The number of amides is 1. The van der Waals surface area contributed by atoms with Gasteiger partial charge < -0.3 is 9.80 Å². The fourth-order valence-electron chi connectivity index (χ4n) is 3.27. The predicted octanol–water partition coefficient (Wildman–Crippen LogP) is 4.04. The Bertz CT molecular complexity index is 1010. The lowest BCUT2D eigenvalue weighted by Crippen LogP contribution is -2.48. The molecular formula is C20H17ClN4O3S. The molecule has 2 aliphatic heterocycles. The van der Waals surface area contributed by atoms with Crippen LogP contribution in [0.25, 0.3) is 6.08 Å². The molecule has 0 saturated carbocycles. The second-order valence-electron chi connectivity index (χ2n) is 6.58. The smallest absolute Gasteiger partial charge is 0.292 e. The molecule has 9 heteroatoms. The molecule has 1 fully saturated rings. The fraction of sp³-hybridized carbons (Fsp3) is 0.200. The zero-order valence-electron chi connectivity index (χ0n) is 15.3. The average molecular weight is 429 g/mol. The van der Waals surface area contributed by atoms with Crippen LogP contribution in [0.5, 0.6) is 0 Å². The van der Waals surface area contributed by atoms with E-state index in [2.05, 4.69) is 9.89 Å². The number of carbonyl (C=O) groups is 1. The number of nitro benzene ring substituents is 1. The van der Waals surface area contributed by atoms with Crippen molar-refractivity contribution in [2.75, 3.05) is 31.1 Å². The summed E-state index contributed by atoms with van der Waals surface area (Å²) in [6, 6.07) is 14.0. The maximum atomic E-state index is 12.3. The first-order chi connectivity index (χ1) is 14.0. The summed E-state index contributed by atoms with van der Waals surface area (Å²) >= 11 is 7.26. The van der Waals surface area contributed by atoms with Gasteiger partial charge in [0.05, 0.1) is 9.83 Å². The number of para-hydroxylation sites is 2. The van der Waals surface area contributed by atoms with Crippen LogP contribution in [0.3, 0.4) is 0 Å². The summed E-state index contributed by atoms with van der Waals surface area (Å²) in [5.74, 6) is -0.249. The number of thioether (sulfide) groups is 1. The molecule has 148 valence electrons. The third kappa shape index (κ3) is 4.28. The van der Waals surface area contributed by atoms with Gasteiger partial charge >= 0.3 is 0 Å². The molecule has 0 bridgehead atoms. The Morgan fingerprint density at radius 1 is 1.03 bits per heavy atom. The molecule has 1 amide bonds. The van der Waals surface area contributed by atoms with E-state index in [0.29, 0.717) is 47.0 Å². The van der Waals surface area contributed by atoms with Crippen LogP contribution in [0.15, 0.2) is 58.4 Å². The minimum Gasteiger partial charge on any atom is -0.362 e. The minimum atomic E-state index is -0.356. The first kappa shape index (κ1) is 19.5. The van der Waals surface area contributed by atoms with Crippen LogP contribution in [-0.4, -0.2) is 47.1 Å². The standard InChI is InChI=1S/C20H17ClN4O3S/c21-15-7-5-14(6-8-15)13-18-19(26)22-20(29-18)24-11-9-23(10-12-24)16-3-1-2-4-17(16)25(27)28/h1-8,13H,9-12H2. The summed E-state index contributed by atoms with van der Waals surface area (Å²) in [6.45, 7) is 2.52. The van der Waals surface area contributed by atoms with Gasteiger partial charge in [-0.1, -0.05) is 35.9 Å². The van der Waals surface area contributed by atoms with E-state index >= 15 is 0 Å². The van der Waals surface area contributed by atoms with Crippen molar-refractivity contribution in [1.29, 1.82) is 0 Å². The van der Waals surface area contributed by atoms with Crippen LogP contribution < -0.4 is 4.90 Å². The SMILES string of the molecule is O=C1N=C(N2CCN(c3ccccc3[N+](=O)[O-])CC2)SC1=Cc1ccc(Cl)cc1. The number of hydrogen-bond acceptors (Lipinski definition) is 6. The second kappa shape index (κ2) is 8.26. The highest BCUT2D eigenvalue weighted by Crippen LogP contribution is 2.32. The van der Waals surface area contributed by atoms with E-state index in [9.17, 15) is 14.9 Å². The lowest BCUT2D eigenvalue weighted by molar-refractivity contribution is -0.384. The minimum absolute atomic E-state index is 0.108. The van der Waals surface area contributed by atoms with Crippen molar-refractivity contribution in [3.05, 3.63) is 74.1 Å². The van der Waals surface area contributed by atoms with Gasteiger partial charge in [0.1, 0.15) is 5.69 Å². The van der Waals surface area contributed by atoms with E-state index in [4.69, 9.17) is 11.6 Å². The molecular weight excluding hydrogens is 412 g/mol. The highest BCUT2D eigenvalue weighted by Gasteiger charge is 2.30. The van der Waals surface area contributed by atoms with Crippen LogP contribution in [0.4, 0.5) is 11.4 Å². The topological polar surface area (TPSA) is 79.0 Å². The summed E-state index contributed by atoms with van der Waals surface area (Å²) in [5, 5.41) is 12.6. The molecule has 0 aromatic heterocycles. The monoisotopic (exact) mass is 428 g/mol. The molecule has 2 heterocycles. The average Bonchev–Trinajstić information content (AvgIpc) is 3.10. The van der Waals surface area contributed by atoms with Crippen molar-refractivity contribution in [1.82, 2.24) is 4.90 Å². The van der Waals surface area contributed by atoms with Gasteiger partial charge in [-0.05, 0) is 41.6 Å². The zero-order chi connectivity index (χ0) is 20.4. The summed E-state index contributed by atoms with van der Waals surface area (Å²) < 4.78 is 0. The highest BCUT2D eigenvalue weighted by molar-refractivity contribution is 8.18. The number of aliphatic imine (C=N–C) groups is 1. The van der Waals surface area contributed by atoms with Gasteiger partial charge in [0.25, 0.3) is 11.6 Å². The van der Waals surface area contributed by atoms with E-state index in [1.807, 2.05) is 23.1 Å². The number of carbonyl (C=O) groups excluding carboxylic acids is 1. The summed E-state index contributed by atoms with van der Waals surface area (Å²) in [7, 11) is 0. The molecule has 0 unspecified atom stereocenters. The number of piperazine rings is 1. The first-order valence-electron chi connectivity index (χ1n) is 9.03. The molecule has 2 aromatic rings. The molecule has 7 nitrogen and oxygen atoms in total. The Labute approximate surface area is 176 Å². The van der Waals surface area contributed by atoms with Crippen molar-refractivity contribution in [3.8, 4) is 0 Å². The van der Waals surface area contributed by atoms with Crippen molar-refractivity contribution in [2.24, 2.45) is 4.99 Å². The van der Waals surface area contributed by atoms with E-state index in [0.717, 1.165) is 5.56 Å². The zero-order valence-corrected chi connectivity index (χ0v) is 16.9. The first-order valence-corrected chi connectivity index (χ1v) is 10.2. The van der Waals surface area contributed by atoms with E-state index < -0.39 is 0 Å². The van der Waals surface area contributed by atoms with Crippen LogP contribution in [0.1, 0.15) is 5.56 Å². The van der Waals surface area contributed by atoms with Crippen molar-refractivity contribution < 1.29 is 9.72 Å². The van der Waals surface area contributed by atoms with Crippen molar-refractivity contribution in [3.63, 3.8) is 0 Å². The largest absolute Gasteiger partial charge is 0.362 e. The number of hydrogen-bond donors (Lipinski definition) is 0. The number of amidine groups is 1. The van der Waals surface area contributed by atoms with Crippen molar-refractivity contribution in [2.45, 2.75) is 0 Å². The van der Waals surface area contributed by atoms with Gasteiger partial charge in [0.15, 0.2) is 5.17 Å². The van der Waals surface area contributed by atoms with Gasteiger partial charge in [0, 0.05) is 37.3 Å². The van der Waals surface area contributed by atoms with Gasteiger partial charge in [-0.2, -0.15) is 4.99 Å². The van der Waals surface area contributed by atoms with E-state index in [-0.39, 0.29) is 16.5 Å². The second-order valence-corrected chi connectivity index (χ2v) is 8.03. The summed E-state index contributed by atoms with van der Waals surface area (Å²) in [5.41, 5.74) is 1.62. The van der Waals surface area contributed by atoms with Crippen LogP contribution in [0.2, 0.25) is 5.02 Å². The number of nitrogens with zero attached hydrogens (tertiary/aromatic N) is 4. The Balaban J connectivity index is 1.42. The molecule has 0 aliphatic carbocycles. The number of halogens is 1. The van der Waals surface area contributed by atoms with Gasteiger partial charge in [0.2, 0.25) is 0 Å². The van der Waals surface area contributed by atoms with Crippen LogP contribution in [-0.2, 0) is 4.79 Å². The van der Waals surface area contributed by atoms with Crippen LogP contribution >= 0.6 is 23.4 Å². The molecule has 0 radical (unpaired) electrons. The molecule has 29 heavy (non-hydrogen) atoms. The normalized spacial score (nSPS) is 18.3. The predicted molar refractivity (Wildman–Crippen MR) is 116 cm³/mol. The third-order valence-electron chi connectivity index (χ3n) is 4.75. The highest BCUT2D eigenvalue weighted by atomic mass is 35.5. The fourth-order valence-corrected chi connectivity index (χ4v) is 4.36. The Kier molecular flexibility index (Phi) is 5.55. The third-order valence-corrected chi connectivity index (χ3v) is 6.04. The van der Waals surface area contributed by atoms with Crippen molar-refractivity contribution >= 4 is 51.9 Å². The van der Waals surface area contributed by atoms with E-state index in [1.165, 1.54) is 17.8 Å². The quantitative estimate of drug-likeness (QED) is 0.417. The molecule has 2 aliphatic rings. The number of benzene rings is 2. The van der Waals surface area contributed by atoms with E-state index in [1.54, 1.807) is 30.3 Å². The Hall–Kier alpha value is -2.84. The maximum absolute atomic E-state index is 12.3. The summed E-state index contributed by atoms with van der Waals surface area (Å²) in [4.78, 5) is 32.0. The Morgan fingerprint density at radius 2 is 1.69 bits per heavy atom.